The summed E-state index contributed by atoms with van der Waals surface area (Å²) in [6, 6.07) is 3.42. The second-order valence-corrected chi connectivity index (χ2v) is 7.92. The van der Waals surface area contributed by atoms with E-state index in [0.717, 1.165) is 43.7 Å². The van der Waals surface area contributed by atoms with Crippen LogP contribution in [-0.2, 0) is 32.0 Å². The molecule has 3 rings (SSSR count). The number of ether oxygens (including phenoxy) is 1. The van der Waals surface area contributed by atoms with E-state index in [1.807, 2.05) is 6.07 Å². The number of anilines is 1. The van der Waals surface area contributed by atoms with Crippen molar-refractivity contribution >= 4 is 23.6 Å². The Morgan fingerprint density at radius 2 is 2.29 bits per heavy atom. The summed E-state index contributed by atoms with van der Waals surface area (Å²) >= 11 is 0. The van der Waals surface area contributed by atoms with Crippen molar-refractivity contribution in [2.75, 3.05) is 31.6 Å². The van der Waals surface area contributed by atoms with E-state index in [4.69, 9.17) is 11.2 Å². The number of likely N-dealkylation sites (tertiary alicyclic amines) is 1. The molecule has 2 aliphatic rings. The van der Waals surface area contributed by atoms with E-state index in [1.165, 1.54) is 5.56 Å². The number of pyridine rings is 1. The minimum Gasteiger partial charge on any atom is -0.466 e. The fourth-order valence-electron chi connectivity index (χ4n) is 4.01. The number of nitrogens with one attached hydrogen (secondary N) is 2. The zero-order valence-corrected chi connectivity index (χ0v) is 18.0. The monoisotopic (exact) mass is 426 g/mol. The Labute approximate surface area is 183 Å². The summed E-state index contributed by atoms with van der Waals surface area (Å²) in [4.78, 5) is 42.8. The fourth-order valence-corrected chi connectivity index (χ4v) is 4.01. The van der Waals surface area contributed by atoms with Crippen molar-refractivity contribution in [2.45, 2.75) is 51.5 Å². The number of hydrogen-bond donors (Lipinski definition) is 2. The van der Waals surface area contributed by atoms with Crippen molar-refractivity contribution in [3.05, 3.63) is 23.4 Å². The molecule has 0 bridgehead atoms. The predicted octanol–water partition coefficient (Wildman–Crippen LogP) is 1.29. The highest BCUT2D eigenvalue weighted by Gasteiger charge is 2.32. The molecular weight excluding hydrogens is 396 g/mol. The van der Waals surface area contributed by atoms with Gasteiger partial charge in [-0.3, -0.25) is 14.4 Å². The van der Waals surface area contributed by atoms with Crippen LogP contribution in [0.5, 0.6) is 0 Å². The molecule has 1 saturated heterocycles. The van der Waals surface area contributed by atoms with E-state index >= 15 is 0 Å². The van der Waals surface area contributed by atoms with Gasteiger partial charge in [0, 0.05) is 24.7 Å². The van der Waals surface area contributed by atoms with Crippen LogP contribution in [0.3, 0.4) is 0 Å². The van der Waals surface area contributed by atoms with Gasteiger partial charge in [0.2, 0.25) is 11.8 Å². The van der Waals surface area contributed by atoms with E-state index in [-0.39, 0.29) is 37.3 Å². The Balaban J connectivity index is 1.45. The molecule has 3 heterocycles. The highest BCUT2D eigenvalue weighted by Crippen LogP contribution is 2.24. The van der Waals surface area contributed by atoms with Crippen molar-refractivity contribution in [1.29, 1.82) is 0 Å². The van der Waals surface area contributed by atoms with Crippen LogP contribution >= 0.6 is 0 Å². The topological polar surface area (TPSA) is 101 Å². The van der Waals surface area contributed by atoms with Crippen molar-refractivity contribution in [3.63, 3.8) is 0 Å². The molecule has 2 atom stereocenters. The van der Waals surface area contributed by atoms with E-state index in [1.54, 1.807) is 11.8 Å². The third kappa shape index (κ3) is 6.20. The summed E-state index contributed by atoms with van der Waals surface area (Å²) in [6.07, 6.45) is 9.63. The summed E-state index contributed by atoms with van der Waals surface area (Å²) in [5.74, 6) is 2.38. The molecule has 0 spiro atoms. The van der Waals surface area contributed by atoms with Crippen LogP contribution in [0, 0.1) is 18.3 Å². The Hall–Kier alpha value is -3.08. The number of carbonyl (C=O) groups excluding carboxylic acids is 3. The smallest absolute Gasteiger partial charge is 0.308 e. The molecule has 2 amide bonds. The number of carbonyl (C=O) groups is 3. The molecule has 2 N–H and O–H groups in total. The molecule has 2 aliphatic heterocycles. The Bertz CT molecular complexity index is 864. The largest absolute Gasteiger partial charge is 0.466 e. The van der Waals surface area contributed by atoms with Crippen molar-refractivity contribution < 1.29 is 19.1 Å². The van der Waals surface area contributed by atoms with E-state index in [2.05, 4.69) is 27.6 Å². The highest BCUT2D eigenvalue weighted by atomic mass is 16.5. The maximum absolute atomic E-state index is 12.7. The average molecular weight is 427 g/mol. The molecule has 0 saturated carbocycles. The zero-order valence-electron chi connectivity index (χ0n) is 18.0. The maximum atomic E-state index is 12.7. The molecule has 8 nitrogen and oxygen atoms in total. The minimum atomic E-state index is -0.747. The summed E-state index contributed by atoms with van der Waals surface area (Å²) in [5, 5.41) is 5.95. The standard InChI is InChI=1S/C23H30N4O4/c1-3-18(14-21(29)31-4-2)25-20(28)15-27-13-11-17(23(27)30)8-10-19-9-7-16-6-5-12-24-22(16)26-19/h1,7,9,17-18H,4-6,8,10-15H2,2H3,(H,24,26)(H,25,28)/t17-,18-/m1/s1. The van der Waals surface area contributed by atoms with Crippen LogP contribution in [0.2, 0.25) is 0 Å². The molecule has 1 aromatic rings. The van der Waals surface area contributed by atoms with Crippen molar-refractivity contribution in [2.24, 2.45) is 5.92 Å². The van der Waals surface area contributed by atoms with Gasteiger partial charge in [0.15, 0.2) is 0 Å². The first-order valence-electron chi connectivity index (χ1n) is 10.9. The molecule has 166 valence electrons. The molecule has 0 radical (unpaired) electrons. The van der Waals surface area contributed by atoms with E-state index in [9.17, 15) is 14.4 Å². The predicted molar refractivity (Wildman–Crippen MR) is 116 cm³/mol. The van der Waals surface area contributed by atoms with Gasteiger partial charge in [0.05, 0.1) is 19.6 Å². The summed E-state index contributed by atoms with van der Waals surface area (Å²) < 4.78 is 4.85. The first-order chi connectivity index (χ1) is 15.0. The number of nitrogens with zero attached hydrogens (tertiary/aromatic N) is 2. The summed E-state index contributed by atoms with van der Waals surface area (Å²) in [6.45, 7) is 3.38. The number of fused-ring (bicyclic) bond motifs is 1. The van der Waals surface area contributed by atoms with Gasteiger partial charge < -0.3 is 20.3 Å². The molecular formula is C23H30N4O4. The van der Waals surface area contributed by atoms with Gasteiger partial charge in [-0.25, -0.2) is 4.98 Å². The Morgan fingerprint density at radius 1 is 1.45 bits per heavy atom. The molecule has 1 aromatic heterocycles. The second kappa shape index (κ2) is 10.8. The number of esters is 1. The Kier molecular flexibility index (Phi) is 7.88. The van der Waals surface area contributed by atoms with Crippen LogP contribution in [0.15, 0.2) is 12.1 Å². The van der Waals surface area contributed by atoms with Gasteiger partial charge in [0.1, 0.15) is 11.9 Å². The normalized spacial score (nSPS) is 18.5. The van der Waals surface area contributed by atoms with Crippen LogP contribution in [0.4, 0.5) is 5.82 Å². The van der Waals surface area contributed by atoms with Crippen LogP contribution in [-0.4, -0.2) is 60.0 Å². The Morgan fingerprint density at radius 3 is 3.06 bits per heavy atom. The molecule has 0 unspecified atom stereocenters. The van der Waals surface area contributed by atoms with Crippen LogP contribution < -0.4 is 10.6 Å². The van der Waals surface area contributed by atoms with Gasteiger partial charge in [-0.15, -0.1) is 6.42 Å². The average Bonchev–Trinajstić information content (AvgIpc) is 3.10. The SMILES string of the molecule is C#C[C@H](CC(=O)OCC)NC(=O)CN1CC[C@@H](CCc2ccc3c(n2)NCCC3)C1=O. The van der Waals surface area contributed by atoms with E-state index in [0.29, 0.717) is 13.0 Å². The lowest BCUT2D eigenvalue weighted by Crippen LogP contribution is -2.43. The van der Waals surface area contributed by atoms with E-state index < -0.39 is 12.0 Å². The molecule has 8 heteroatoms. The first-order valence-corrected chi connectivity index (χ1v) is 10.9. The zero-order chi connectivity index (χ0) is 22.2. The van der Waals surface area contributed by atoms with Crippen LogP contribution in [0.1, 0.15) is 43.9 Å². The highest BCUT2D eigenvalue weighted by molar-refractivity contribution is 5.87. The first kappa shape index (κ1) is 22.6. The van der Waals surface area contributed by atoms with Gasteiger partial charge >= 0.3 is 5.97 Å². The molecule has 1 fully saturated rings. The lowest BCUT2D eigenvalue weighted by molar-refractivity contribution is -0.143. The maximum Gasteiger partial charge on any atom is 0.308 e. The van der Waals surface area contributed by atoms with Crippen molar-refractivity contribution in [3.8, 4) is 12.3 Å². The van der Waals surface area contributed by atoms with Gasteiger partial charge in [0.25, 0.3) is 0 Å². The molecule has 0 aromatic carbocycles. The summed E-state index contributed by atoms with van der Waals surface area (Å²) in [7, 11) is 0. The lowest BCUT2D eigenvalue weighted by Gasteiger charge is -2.19. The molecule has 31 heavy (non-hydrogen) atoms. The minimum absolute atomic E-state index is 0.0196. The molecule has 0 aliphatic carbocycles. The number of aromatic nitrogens is 1. The number of terminal acetylenes is 1. The van der Waals surface area contributed by atoms with Gasteiger partial charge in [-0.1, -0.05) is 12.0 Å². The van der Waals surface area contributed by atoms with Crippen molar-refractivity contribution in [1.82, 2.24) is 15.2 Å². The summed E-state index contributed by atoms with van der Waals surface area (Å²) in [5.41, 5.74) is 2.23. The number of rotatable bonds is 9. The lowest BCUT2D eigenvalue weighted by atomic mass is 9.99. The van der Waals surface area contributed by atoms with Crippen LogP contribution in [0.25, 0.3) is 0 Å². The third-order valence-electron chi connectivity index (χ3n) is 5.66. The number of hydrogen-bond acceptors (Lipinski definition) is 6. The third-order valence-corrected chi connectivity index (χ3v) is 5.66. The van der Waals surface area contributed by atoms with Gasteiger partial charge in [-0.2, -0.15) is 0 Å². The quantitative estimate of drug-likeness (QED) is 0.456. The number of amides is 2. The van der Waals surface area contributed by atoms with Gasteiger partial charge in [-0.05, 0) is 50.7 Å². The fraction of sp³-hybridized carbons (Fsp3) is 0.565. The second-order valence-electron chi connectivity index (χ2n) is 7.92. The number of aryl methyl sites for hydroxylation is 2.